The van der Waals surface area contributed by atoms with Crippen molar-refractivity contribution in [1.82, 2.24) is 19.8 Å². The lowest BCUT2D eigenvalue weighted by Gasteiger charge is -2.37. The molecule has 1 fully saturated rings. The van der Waals surface area contributed by atoms with Crippen LogP contribution in [-0.2, 0) is 0 Å². The van der Waals surface area contributed by atoms with Gasteiger partial charge in [-0.1, -0.05) is 12.1 Å². The van der Waals surface area contributed by atoms with Crippen molar-refractivity contribution in [1.29, 1.82) is 5.41 Å². The van der Waals surface area contributed by atoms with Gasteiger partial charge in [0.1, 0.15) is 12.1 Å². The van der Waals surface area contributed by atoms with Crippen LogP contribution in [0.1, 0.15) is 5.56 Å². The molecule has 0 amide bonds. The minimum absolute atomic E-state index is 0.0343. The van der Waals surface area contributed by atoms with Crippen LogP contribution in [0.15, 0.2) is 42.7 Å². The molecule has 2 heterocycles. The Balaban J connectivity index is 1.59. The average Bonchev–Trinajstić information content (AvgIpc) is 2.96. The highest BCUT2D eigenvalue weighted by Crippen LogP contribution is 2.39. The number of benzene rings is 2. The largest absolute Gasteiger partial charge is 0.433 e. The summed E-state index contributed by atoms with van der Waals surface area (Å²) in [6, 6.07) is 10.8. The molecule has 0 unspecified atom stereocenters. The fourth-order valence-electron chi connectivity index (χ4n) is 4.66. The molecule has 0 radical (unpaired) electrons. The molecule has 4 rings (SSSR count). The van der Waals surface area contributed by atoms with Gasteiger partial charge in [-0.15, -0.1) is 0 Å². The van der Waals surface area contributed by atoms with E-state index < -0.39 is 6.61 Å². The predicted molar refractivity (Wildman–Crippen MR) is 158 cm³/mol. The zero-order chi connectivity index (χ0) is 28.6. The van der Waals surface area contributed by atoms with Gasteiger partial charge in [-0.25, -0.2) is 9.97 Å². The predicted octanol–water partition coefficient (Wildman–Crippen LogP) is 4.25. The molecular weight excluding hydrogens is 516 g/mol. The third kappa shape index (κ3) is 7.13. The fourth-order valence-corrected chi connectivity index (χ4v) is 4.66. The number of halogens is 2. The van der Waals surface area contributed by atoms with E-state index >= 15 is 0 Å². The van der Waals surface area contributed by atoms with Crippen LogP contribution in [-0.4, -0.2) is 100 Å². The Hall–Kier alpha value is -4.03. The van der Waals surface area contributed by atoms with Crippen molar-refractivity contribution in [2.75, 3.05) is 88.3 Å². The number of hydrogen-bond acceptors (Lipinski definition) is 10. The molecule has 0 atom stereocenters. The first-order valence-electron chi connectivity index (χ1n) is 13.2. The Morgan fingerprint density at radius 3 is 2.40 bits per heavy atom. The van der Waals surface area contributed by atoms with Crippen LogP contribution < -0.4 is 25.6 Å². The maximum absolute atomic E-state index is 13.5. The lowest BCUT2D eigenvalue weighted by Crippen LogP contribution is -2.48. The van der Waals surface area contributed by atoms with Crippen LogP contribution in [0.3, 0.4) is 0 Å². The zero-order valence-corrected chi connectivity index (χ0v) is 23.3. The molecule has 0 aliphatic carbocycles. The Morgan fingerprint density at radius 1 is 1.00 bits per heavy atom. The van der Waals surface area contributed by atoms with Crippen molar-refractivity contribution in [2.24, 2.45) is 0 Å². The Labute approximate surface area is 233 Å². The van der Waals surface area contributed by atoms with E-state index in [2.05, 4.69) is 54.7 Å². The lowest BCUT2D eigenvalue weighted by atomic mass is 10.1. The Bertz CT molecular complexity index is 1300. The number of nitrogens with one attached hydrogen (secondary N) is 4. The lowest BCUT2D eigenvalue weighted by molar-refractivity contribution is -0.0493. The Kier molecular flexibility index (Phi) is 9.67. The number of piperazine rings is 1. The number of nitrogens with zero attached hydrogens (tertiary/aromatic N) is 5. The molecular formula is C28H37F2N9O. The molecule has 12 heteroatoms. The highest BCUT2D eigenvalue weighted by molar-refractivity contribution is 5.88. The maximum Gasteiger partial charge on any atom is 0.387 e. The van der Waals surface area contributed by atoms with Gasteiger partial charge in [0.25, 0.3) is 0 Å². The van der Waals surface area contributed by atoms with E-state index in [-0.39, 0.29) is 5.75 Å². The van der Waals surface area contributed by atoms with Gasteiger partial charge in [0.05, 0.1) is 22.8 Å². The van der Waals surface area contributed by atoms with Crippen LogP contribution in [0, 0.1) is 5.41 Å². The zero-order valence-electron chi connectivity index (χ0n) is 23.3. The number of alkyl halides is 2. The van der Waals surface area contributed by atoms with Crippen LogP contribution in [0.25, 0.3) is 11.3 Å². The molecule has 0 spiro atoms. The first-order valence-corrected chi connectivity index (χ1v) is 13.2. The topological polar surface area (TPSA) is 105 Å². The number of rotatable bonds is 12. The SMILES string of the molecule is CNc1cc(-c2cc(Nc3cc(NC)c(N4CCN(CCN(C)C)CC4)cc3OC(F)F)ncn2)ccc1C=N. The van der Waals surface area contributed by atoms with Crippen molar-refractivity contribution < 1.29 is 13.5 Å². The first-order chi connectivity index (χ1) is 19.3. The number of anilines is 5. The van der Waals surface area contributed by atoms with Gasteiger partial charge < -0.3 is 35.9 Å². The molecule has 4 N–H and O–H groups in total. The van der Waals surface area contributed by atoms with Crippen molar-refractivity contribution in [3.05, 3.63) is 48.3 Å². The summed E-state index contributed by atoms with van der Waals surface area (Å²) in [5.74, 6) is 0.461. The molecule has 1 aliphatic rings. The van der Waals surface area contributed by atoms with Gasteiger partial charge in [-0.3, -0.25) is 4.90 Å². The van der Waals surface area contributed by atoms with Crippen molar-refractivity contribution in [3.8, 4) is 17.0 Å². The van der Waals surface area contributed by atoms with Gasteiger partial charge in [0.2, 0.25) is 0 Å². The first kappa shape index (κ1) is 29.0. The normalized spacial score (nSPS) is 13.9. The summed E-state index contributed by atoms with van der Waals surface area (Å²) in [6.45, 7) is 2.35. The second kappa shape index (κ2) is 13.4. The molecule has 2 aromatic carbocycles. The van der Waals surface area contributed by atoms with E-state index in [9.17, 15) is 8.78 Å². The number of aromatic nitrogens is 2. The minimum Gasteiger partial charge on any atom is -0.433 e. The van der Waals surface area contributed by atoms with Crippen LogP contribution in [0.2, 0.25) is 0 Å². The molecule has 214 valence electrons. The van der Waals surface area contributed by atoms with Gasteiger partial charge >= 0.3 is 6.61 Å². The summed E-state index contributed by atoms with van der Waals surface area (Å²) in [6.07, 6.45) is 2.69. The number of hydrogen-bond donors (Lipinski definition) is 4. The summed E-state index contributed by atoms with van der Waals surface area (Å²) < 4.78 is 31.9. The summed E-state index contributed by atoms with van der Waals surface area (Å²) in [7, 11) is 7.73. The van der Waals surface area contributed by atoms with Crippen molar-refractivity contribution in [2.45, 2.75) is 6.61 Å². The monoisotopic (exact) mass is 553 g/mol. The Morgan fingerprint density at radius 2 is 1.75 bits per heavy atom. The summed E-state index contributed by atoms with van der Waals surface area (Å²) in [5, 5.41) is 17.0. The number of ether oxygens (including phenoxy) is 1. The van der Waals surface area contributed by atoms with Crippen molar-refractivity contribution >= 4 is 34.8 Å². The van der Waals surface area contributed by atoms with Gasteiger partial charge in [-0.2, -0.15) is 8.78 Å². The second-order valence-corrected chi connectivity index (χ2v) is 9.74. The summed E-state index contributed by atoms with van der Waals surface area (Å²) in [5.41, 5.74) is 4.96. The second-order valence-electron chi connectivity index (χ2n) is 9.74. The maximum atomic E-state index is 13.5. The molecule has 1 aliphatic heterocycles. The molecule has 1 saturated heterocycles. The van der Waals surface area contributed by atoms with Crippen molar-refractivity contribution in [3.63, 3.8) is 0 Å². The fraction of sp³-hybridized carbons (Fsp3) is 0.393. The third-order valence-electron chi connectivity index (χ3n) is 6.86. The van der Waals surface area contributed by atoms with E-state index in [1.165, 1.54) is 12.5 Å². The molecule has 10 nitrogen and oxygen atoms in total. The summed E-state index contributed by atoms with van der Waals surface area (Å²) in [4.78, 5) is 15.5. The van der Waals surface area contributed by atoms with E-state index in [0.29, 0.717) is 17.2 Å². The van der Waals surface area contributed by atoms with Gasteiger partial charge in [-0.05, 0) is 26.2 Å². The number of likely N-dealkylation sites (N-methyl/N-ethyl adjacent to an activating group) is 1. The van der Waals surface area contributed by atoms with E-state index in [1.807, 2.05) is 25.2 Å². The van der Waals surface area contributed by atoms with E-state index in [1.54, 1.807) is 25.2 Å². The quantitative estimate of drug-likeness (QED) is 0.245. The summed E-state index contributed by atoms with van der Waals surface area (Å²) >= 11 is 0. The van der Waals surface area contributed by atoms with Gasteiger partial charge in [0, 0.05) is 88.5 Å². The third-order valence-corrected chi connectivity index (χ3v) is 6.86. The smallest absolute Gasteiger partial charge is 0.387 e. The molecule has 0 saturated carbocycles. The highest BCUT2D eigenvalue weighted by atomic mass is 19.3. The highest BCUT2D eigenvalue weighted by Gasteiger charge is 2.22. The van der Waals surface area contributed by atoms with Crippen LogP contribution in [0.5, 0.6) is 5.75 Å². The molecule has 40 heavy (non-hydrogen) atoms. The van der Waals surface area contributed by atoms with Crippen LogP contribution in [0.4, 0.5) is 37.3 Å². The molecule has 0 bridgehead atoms. The molecule has 1 aromatic heterocycles. The van der Waals surface area contributed by atoms with E-state index in [4.69, 9.17) is 10.1 Å². The van der Waals surface area contributed by atoms with Gasteiger partial charge in [0.15, 0.2) is 5.75 Å². The minimum atomic E-state index is -2.98. The average molecular weight is 554 g/mol. The molecule has 3 aromatic rings. The van der Waals surface area contributed by atoms with E-state index in [0.717, 1.165) is 67.5 Å². The van der Waals surface area contributed by atoms with Crippen LogP contribution >= 0.6 is 0 Å². The standard InChI is InChI=1S/C28H37F2N9O/c1-32-21-13-19(5-6-20(21)17-31)22-15-27(35-18-34-22)36-24-14-23(33-2)25(16-26(24)40-28(29)30)39-11-9-38(10-12-39)8-7-37(3)4/h5-6,13-18,28,31-33H,7-12H2,1-4H3,(H,34,35,36).